The quantitative estimate of drug-likeness (QED) is 0.420. The van der Waals surface area contributed by atoms with Crippen LogP contribution in [0.3, 0.4) is 0 Å². The number of rotatable bonds is 5. The van der Waals surface area contributed by atoms with E-state index in [1.54, 1.807) is 6.07 Å². The number of anilines is 1. The number of benzene rings is 2. The van der Waals surface area contributed by atoms with Crippen molar-refractivity contribution < 1.29 is 32.2 Å². The predicted molar refractivity (Wildman–Crippen MR) is 214 cm³/mol. The van der Waals surface area contributed by atoms with Gasteiger partial charge in [0.05, 0.1) is 32.1 Å². The number of carbonyl (C=O) groups excluding carboxylic acids is 1. The van der Waals surface area contributed by atoms with Crippen LogP contribution < -0.4 is 14.4 Å². The lowest BCUT2D eigenvalue weighted by atomic mass is 9.63. The second-order valence-electron chi connectivity index (χ2n) is 17.0. The van der Waals surface area contributed by atoms with Gasteiger partial charge in [0.2, 0.25) is 10.0 Å². The summed E-state index contributed by atoms with van der Waals surface area (Å²) in [6.07, 6.45) is 9.90. The molecule has 3 fully saturated rings. The maximum atomic E-state index is 13.9. The molecule has 2 aliphatic carbocycles. The molecule has 6 aliphatic rings. The number of hydrogen-bond acceptors (Lipinski definition) is 10. The number of allylic oxidation sites excluding steroid dienone is 1. The van der Waals surface area contributed by atoms with Crippen LogP contribution in [0.25, 0.3) is 0 Å². The smallest absolute Gasteiger partial charge is 0.264 e. The van der Waals surface area contributed by atoms with Crippen molar-refractivity contribution in [1.82, 2.24) is 14.5 Å². The fourth-order valence-corrected chi connectivity index (χ4v) is 12.2. The molecule has 13 heteroatoms. The highest BCUT2D eigenvalue weighted by Crippen LogP contribution is 2.49. The molecule has 55 heavy (non-hydrogen) atoms. The zero-order valence-corrected chi connectivity index (χ0v) is 34.1. The number of hydrogen-bond donors (Lipinski definition) is 1. The van der Waals surface area contributed by atoms with Crippen molar-refractivity contribution in [3.8, 4) is 5.75 Å². The first-order chi connectivity index (χ1) is 26.5. The summed E-state index contributed by atoms with van der Waals surface area (Å²) in [4.78, 5) is 21.4. The number of nitrogens with zero attached hydrogens (tertiary/aromatic N) is 3. The van der Waals surface area contributed by atoms with E-state index in [0.29, 0.717) is 37.3 Å². The highest BCUT2D eigenvalue weighted by Gasteiger charge is 2.50. The molecule has 4 heterocycles. The zero-order valence-electron chi connectivity index (χ0n) is 32.5. The van der Waals surface area contributed by atoms with Crippen molar-refractivity contribution in [3.05, 3.63) is 70.3 Å². The van der Waals surface area contributed by atoms with Gasteiger partial charge in [0, 0.05) is 82.1 Å². The van der Waals surface area contributed by atoms with Gasteiger partial charge in [-0.2, -0.15) is 0 Å². The third-order valence-electron chi connectivity index (χ3n) is 13.7. The Hall–Kier alpha value is -2.71. The van der Waals surface area contributed by atoms with Gasteiger partial charge in [0.15, 0.2) is 0 Å². The average Bonchev–Trinajstić information content (AvgIpc) is 3.31. The van der Waals surface area contributed by atoms with Crippen molar-refractivity contribution in [3.63, 3.8) is 0 Å². The van der Waals surface area contributed by atoms with Crippen LogP contribution in [0.1, 0.15) is 60.5 Å². The fraction of sp³-hybridized carbons (Fsp3) is 0.643. The van der Waals surface area contributed by atoms with Crippen molar-refractivity contribution in [1.29, 1.82) is 0 Å². The molecule has 1 amide bonds. The van der Waals surface area contributed by atoms with Crippen LogP contribution in [-0.2, 0) is 36.1 Å². The first-order valence-corrected chi connectivity index (χ1v) is 22.1. The number of sulfonamides is 1. The number of ether oxygens (including phenoxy) is 4. The highest BCUT2D eigenvalue weighted by atomic mass is 35.5. The van der Waals surface area contributed by atoms with Gasteiger partial charge in [-0.3, -0.25) is 14.6 Å². The summed E-state index contributed by atoms with van der Waals surface area (Å²) in [6.45, 7) is 9.98. The van der Waals surface area contributed by atoms with E-state index in [1.807, 2.05) is 32.2 Å². The van der Waals surface area contributed by atoms with E-state index >= 15 is 0 Å². The number of morpholine rings is 1. The Labute approximate surface area is 331 Å². The Balaban J connectivity index is 1.20. The summed E-state index contributed by atoms with van der Waals surface area (Å²) in [7, 11) is -0.769. The van der Waals surface area contributed by atoms with Gasteiger partial charge in [-0.25, -0.2) is 13.1 Å². The molecule has 300 valence electrons. The number of amides is 1. The molecular weight excluding hydrogens is 740 g/mol. The number of aryl methyl sites for hydroxylation is 1. The van der Waals surface area contributed by atoms with Crippen molar-refractivity contribution in [2.75, 3.05) is 91.4 Å². The van der Waals surface area contributed by atoms with E-state index in [4.69, 9.17) is 30.5 Å². The minimum atomic E-state index is -4.11. The molecule has 2 saturated heterocycles. The van der Waals surface area contributed by atoms with E-state index in [9.17, 15) is 13.2 Å². The predicted octanol–water partition coefficient (Wildman–Crippen LogP) is 4.91. The number of fused-ring (bicyclic) bond motifs is 5. The van der Waals surface area contributed by atoms with Gasteiger partial charge < -0.3 is 23.8 Å². The first kappa shape index (κ1) is 39.1. The Morgan fingerprint density at radius 3 is 2.75 bits per heavy atom. The molecule has 2 aromatic carbocycles. The van der Waals surface area contributed by atoms with E-state index in [0.717, 1.165) is 95.3 Å². The van der Waals surface area contributed by atoms with E-state index in [-0.39, 0.29) is 29.4 Å². The molecule has 7 atom stereocenters. The van der Waals surface area contributed by atoms with Crippen LogP contribution in [0.2, 0.25) is 5.02 Å². The first-order valence-electron chi connectivity index (χ1n) is 20.2. The Bertz CT molecular complexity index is 1880. The maximum absolute atomic E-state index is 13.9. The number of carbonyl (C=O) groups is 1. The van der Waals surface area contributed by atoms with Crippen LogP contribution in [0.15, 0.2) is 48.6 Å². The standard InChI is InChI=1S/C42H57ClN4O7S/c1-29-6-4-15-42(52-3,27-45-16-17-46-18-19-53-24-34(46)23-45)36-11-8-32(36)22-47-26-41(14-5-7-30-20-33(43)10-12-35(30)41)28-54-38-13-9-31(21-37(38)47)40(48)44-55(49,50)39(29)25-51-2/h4,9-10,12-13,15,20-21,29,32,34,36,39H,5-8,11,14,16-19,22-28H2,1-3H3,(H,44,48)/b15-4+/t29-,32-,34-,36+,39+,41-,42-/m0/s1. The lowest BCUT2D eigenvalue weighted by Gasteiger charge is -2.53. The molecular formula is C42H57ClN4O7S. The third-order valence-corrected chi connectivity index (χ3v) is 15.8. The van der Waals surface area contributed by atoms with Crippen LogP contribution in [-0.4, -0.2) is 127 Å². The van der Waals surface area contributed by atoms with E-state index in [1.165, 1.54) is 18.2 Å². The van der Waals surface area contributed by atoms with Crippen molar-refractivity contribution >= 4 is 33.2 Å². The molecule has 2 aromatic rings. The summed E-state index contributed by atoms with van der Waals surface area (Å²) in [5, 5.41) is -0.197. The van der Waals surface area contributed by atoms with Crippen LogP contribution in [0.4, 0.5) is 5.69 Å². The molecule has 1 N–H and O–H groups in total. The Morgan fingerprint density at radius 1 is 1.07 bits per heavy atom. The molecule has 4 aliphatic heterocycles. The van der Waals surface area contributed by atoms with Gasteiger partial charge in [0.1, 0.15) is 16.6 Å². The minimum Gasteiger partial charge on any atom is -0.490 e. The molecule has 1 saturated carbocycles. The topological polar surface area (TPSA) is 110 Å². The number of halogens is 1. The molecule has 0 unspecified atom stereocenters. The Kier molecular flexibility index (Phi) is 11.3. The summed E-state index contributed by atoms with van der Waals surface area (Å²) in [6, 6.07) is 12.0. The van der Waals surface area contributed by atoms with E-state index < -0.39 is 26.8 Å². The van der Waals surface area contributed by atoms with Gasteiger partial charge in [-0.05, 0) is 97.7 Å². The highest BCUT2D eigenvalue weighted by molar-refractivity contribution is 7.90. The van der Waals surface area contributed by atoms with Crippen LogP contribution in [0, 0.1) is 17.8 Å². The molecule has 2 bridgehead atoms. The monoisotopic (exact) mass is 796 g/mol. The second kappa shape index (κ2) is 15.9. The third kappa shape index (κ3) is 7.69. The second-order valence-corrected chi connectivity index (χ2v) is 19.3. The fourth-order valence-electron chi connectivity index (χ4n) is 10.5. The van der Waals surface area contributed by atoms with Gasteiger partial charge >= 0.3 is 0 Å². The lowest BCUT2D eigenvalue weighted by Crippen LogP contribution is -2.62. The SMILES string of the molecule is COC[C@@H]1[C@@H](C)C/C=C/[C@@](CN2CCN3CCOC[C@@H]3C2)(OC)[C@@H]2CC[C@H]2CN2C[C@@]3(CCCc4cc(Cl)ccc43)COc3ccc(cc32)C(=O)NS1(=O)=O. The lowest BCUT2D eigenvalue weighted by molar-refractivity contribution is -0.108. The summed E-state index contributed by atoms with van der Waals surface area (Å²) < 4.78 is 55.1. The summed E-state index contributed by atoms with van der Waals surface area (Å²) in [5.41, 5.74) is 2.76. The van der Waals surface area contributed by atoms with Gasteiger partial charge in [-0.15, -0.1) is 0 Å². The number of methoxy groups -OCH3 is 2. The summed E-state index contributed by atoms with van der Waals surface area (Å²) >= 11 is 6.52. The number of piperazine rings is 1. The van der Waals surface area contributed by atoms with Gasteiger partial charge in [0.25, 0.3) is 5.91 Å². The molecule has 0 aromatic heterocycles. The number of nitrogens with one attached hydrogen (secondary N) is 1. The molecule has 8 rings (SSSR count). The van der Waals surface area contributed by atoms with Crippen molar-refractivity contribution in [2.24, 2.45) is 17.8 Å². The largest absolute Gasteiger partial charge is 0.490 e. The molecule has 11 nitrogen and oxygen atoms in total. The van der Waals surface area contributed by atoms with Crippen molar-refractivity contribution in [2.45, 2.75) is 67.8 Å². The summed E-state index contributed by atoms with van der Waals surface area (Å²) in [5.74, 6) is 0.252. The van der Waals surface area contributed by atoms with Crippen LogP contribution in [0.5, 0.6) is 5.75 Å². The zero-order chi connectivity index (χ0) is 38.4. The van der Waals surface area contributed by atoms with Crippen LogP contribution >= 0.6 is 11.6 Å². The minimum absolute atomic E-state index is 0.0357. The Morgan fingerprint density at radius 2 is 1.95 bits per heavy atom. The maximum Gasteiger partial charge on any atom is 0.264 e. The van der Waals surface area contributed by atoms with Gasteiger partial charge in [-0.1, -0.05) is 36.7 Å². The molecule has 0 radical (unpaired) electrons. The van der Waals surface area contributed by atoms with E-state index in [2.05, 4.69) is 43.7 Å². The molecule has 1 spiro atoms. The average molecular weight is 797 g/mol. The normalized spacial score (nSPS) is 34.6.